The molecule has 1 fully saturated rings. The molecular formula is C14H20BrN3O. The zero-order chi connectivity index (χ0) is 14.0. The molecule has 1 aliphatic heterocycles. The second-order valence-corrected chi connectivity index (χ2v) is 6.17. The molecule has 1 aliphatic rings. The average molecular weight is 326 g/mol. The molecule has 19 heavy (non-hydrogen) atoms. The minimum Gasteiger partial charge on any atom is -0.309 e. The lowest BCUT2D eigenvalue weighted by Crippen LogP contribution is -2.46. The van der Waals surface area contributed by atoms with Crippen molar-refractivity contribution in [1.82, 2.24) is 9.88 Å². The minimum absolute atomic E-state index is 0.00965. The summed E-state index contributed by atoms with van der Waals surface area (Å²) in [7, 11) is 0. The van der Waals surface area contributed by atoms with Gasteiger partial charge >= 0.3 is 0 Å². The van der Waals surface area contributed by atoms with Crippen molar-refractivity contribution in [2.45, 2.75) is 51.7 Å². The van der Waals surface area contributed by atoms with Crippen molar-refractivity contribution in [3.8, 4) is 0 Å². The van der Waals surface area contributed by atoms with E-state index in [0.717, 1.165) is 17.3 Å². The van der Waals surface area contributed by atoms with Gasteiger partial charge in [-0.05, 0) is 61.7 Å². The highest BCUT2D eigenvalue weighted by Gasteiger charge is 2.34. The molecular weight excluding hydrogens is 306 g/mol. The lowest BCUT2D eigenvalue weighted by Gasteiger charge is -2.31. The third-order valence-electron chi connectivity index (χ3n) is 3.83. The van der Waals surface area contributed by atoms with Crippen LogP contribution in [0.2, 0.25) is 0 Å². The normalized spacial score (nSPS) is 25.3. The van der Waals surface area contributed by atoms with E-state index in [9.17, 15) is 4.79 Å². The van der Waals surface area contributed by atoms with Crippen molar-refractivity contribution >= 4 is 27.7 Å². The summed E-state index contributed by atoms with van der Waals surface area (Å²) in [5.74, 6) is 0.606. The quantitative estimate of drug-likeness (QED) is 0.929. The molecule has 1 aromatic rings. The Balaban J connectivity index is 2.01. The molecule has 0 aromatic carbocycles. The molecule has 2 rings (SSSR count). The lowest BCUT2D eigenvalue weighted by atomic mass is 10.2. The number of carbonyl (C=O) groups excluding carboxylic acids is 1. The summed E-state index contributed by atoms with van der Waals surface area (Å²) in [6.45, 7) is 6.34. The van der Waals surface area contributed by atoms with Crippen molar-refractivity contribution in [2.24, 2.45) is 0 Å². The Morgan fingerprint density at radius 3 is 2.58 bits per heavy atom. The van der Waals surface area contributed by atoms with Crippen LogP contribution in [0.5, 0.6) is 0 Å². The van der Waals surface area contributed by atoms with Crippen LogP contribution in [0, 0.1) is 0 Å². The zero-order valence-electron chi connectivity index (χ0n) is 11.6. The van der Waals surface area contributed by atoms with Crippen LogP contribution in [-0.4, -0.2) is 33.9 Å². The largest absolute Gasteiger partial charge is 0.309 e. The highest BCUT2D eigenvalue weighted by atomic mass is 79.9. The number of anilines is 1. The first-order chi connectivity index (χ1) is 8.99. The Morgan fingerprint density at radius 1 is 1.42 bits per heavy atom. The summed E-state index contributed by atoms with van der Waals surface area (Å²) in [5.41, 5.74) is 0. The van der Waals surface area contributed by atoms with E-state index >= 15 is 0 Å². The van der Waals surface area contributed by atoms with Crippen LogP contribution < -0.4 is 5.32 Å². The molecule has 4 nitrogen and oxygen atoms in total. The number of hydrogen-bond donors (Lipinski definition) is 1. The van der Waals surface area contributed by atoms with E-state index < -0.39 is 0 Å². The predicted molar refractivity (Wildman–Crippen MR) is 80.0 cm³/mol. The van der Waals surface area contributed by atoms with Gasteiger partial charge in [-0.3, -0.25) is 9.69 Å². The monoisotopic (exact) mass is 325 g/mol. The fourth-order valence-corrected chi connectivity index (χ4v) is 3.03. The molecule has 1 N–H and O–H groups in total. The Bertz CT molecular complexity index is 439. The smallest absolute Gasteiger partial charge is 0.242 e. The third-order valence-corrected chi connectivity index (χ3v) is 4.29. The molecule has 5 heteroatoms. The first-order valence-corrected chi connectivity index (χ1v) is 7.48. The predicted octanol–water partition coefficient (Wildman–Crippen LogP) is 3.04. The van der Waals surface area contributed by atoms with Gasteiger partial charge in [-0.2, -0.15) is 0 Å². The molecule has 1 amide bonds. The number of amides is 1. The summed E-state index contributed by atoms with van der Waals surface area (Å²) in [6.07, 6.45) is 4.01. The number of hydrogen-bond acceptors (Lipinski definition) is 3. The van der Waals surface area contributed by atoms with Gasteiger partial charge in [0, 0.05) is 22.8 Å². The molecule has 1 saturated heterocycles. The summed E-state index contributed by atoms with van der Waals surface area (Å²) in [6, 6.07) is 4.47. The fraction of sp³-hybridized carbons (Fsp3) is 0.571. The third kappa shape index (κ3) is 3.34. The van der Waals surface area contributed by atoms with Crippen LogP contribution in [0.3, 0.4) is 0 Å². The number of carbonyl (C=O) groups is 1. The second kappa shape index (κ2) is 6.01. The number of nitrogens with one attached hydrogen (secondary N) is 1. The second-order valence-electron chi connectivity index (χ2n) is 5.25. The maximum Gasteiger partial charge on any atom is 0.242 e. The SMILES string of the molecule is CC1CCC(C)N1C(C)C(=O)Nc1ccc(Br)cn1. The lowest BCUT2D eigenvalue weighted by molar-refractivity contribution is -0.121. The first kappa shape index (κ1) is 14.5. The van der Waals surface area contributed by atoms with E-state index in [-0.39, 0.29) is 11.9 Å². The molecule has 3 atom stereocenters. The number of rotatable bonds is 3. The standard InChI is InChI=1S/C14H20BrN3O/c1-9-4-5-10(2)18(9)11(3)14(19)17-13-7-6-12(15)8-16-13/h6-11H,4-5H2,1-3H3,(H,16,17,19). The number of pyridine rings is 1. The van der Waals surface area contributed by atoms with Gasteiger partial charge in [0.05, 0.1) is 6.04 Å². The van der Waals surface area contributed by atoms with Crippen LogP contribution in [0.1, 0.15) is 33.6 Å². The maximum atomic E-state index is 12.3. The summed E-state index contributed by atoms with van der Waals surface area (Å²) in [4.78, 5) is 18.7. The number of halogens is 1. The van der Waals surface area contributed by atoms with E-state index in [1.54, 1.807) is 12.3 Å². The van der Waals surface area contributed by atoms with Crippen molar-refractivity contribution < 1.29 is 4.79 Å². The van der Waals surface area contributed by atoms with E-state index in [2.05, 4.69) is 45.0 Å². The Labute approximate surface area is 122 Å². The number of likely N-dealkylation sites (tertiary alicyclic amines) is 1. The summed E-state index contributed by atoms with van der Waals surface area (Å²) >= 11 is 3.33. The highest BCUT2D eigenvalue weighted by molar-refractivity contribution is 9.10. The van der Waals surface area contributed by atoms with Gasteiger partial charge in [-0.25, -0.2) is 4.98 Å². The minimum atomic E-state index is -0.127. The number of nitrogens with zero attached hydrogens (tertiary/aromatic N) is 2. The molecule has 0 aliphatic carbocycles. The van der Waals surface area contributed by atoms with Gasteiger partial charge in [0.1, 0.15) is 5.82 Å². The molecule has 0 saturated carbocycles. The molecule has 0 bridgehead atoms. The van der Waals surface area contributed by atoms with E-state index in [1.165, 1.54) is 0 Å². The topological polar surface area (TPSA) is 45.2 Å². The molecule has 3 unspecified atom stereocenters. The van der Waals surface area contributed by atoms with Crippen molar-refractivity contribution in [3.63, 3.8) is 0 Å². The Kier molecular flexibility index (Phi) is 4.58. The van der Waals surface area contributed by atoms with Crippen LogP contribution in [-0.2, 0) is 4.79 Å². The molecule has 0 radical (unpaired) electrons. The van der Waals surface area contributed by atoms with Crippen molar-refractivity contribution in [1.29, 1.82) is 0 Å². The van der Waals surface area contributed by atoms with Crippen LogP contribution in [0.4, 0.5) is 5.82 Å². The molecule has 0 spiro atoms. The van der Waals surface area contributed by atoms with Gasteiger partial charge in [0.25, 0.3) is 0 Å². The van der Waals surface area contributed by atoms with Crippen LogP contribution in [0.25, 0.3) is 0 Å². The maximum absolute atomic E-state index is 12.3. The summed E-state index contributed by atoms with van der Waals surface area (Å²) in [5, 5.41) is 2.87. The van der Waals surface area contributed by atoms with E-state index in [1.807, 2.05) is 13.0 Å². The molecule has 2 heterocycles. The highest BCUT2D eigenvalue weighted by Crippen LogP contribution is 2.26. The van der Waals surface area contributed by atoms with Gasteiger partial charge in [-0.1, -0.05) is 0 Å². The molecule has 104 valence electrons. The van der Waals surface area contributed by atoms with E-state index in [0.29, 0.717) is 17.9 Å². The van der Waals surface area contributed by atoms with Gasteiger partial charge < -0.3 is 5.32 Å². The molecule has 1 aromatic heterocycles. The van der Waals surface area contributed by atoms with Gasteiger partial charge in [-0.15, -0.1) is 0 Å². The first-order valence-electron chi connectivity index (χ1n) is 6.69. The van der Waals surface area contributed by atoms with Crippen molar-refractivity contribution in [3.05, 3.63) is 22.8 Å². The van der Waals surface area contributed by atoms with Gasteiger partial charge in [0.2, 0.25) is 5.91 Å². The van der Waals surface area contributed by atoms with Gasteiger partial charge in [0.15, 0.2) is 0 Å². The van der Waals surface area contributed by atoms with E-state index in [4.69, 9.17) is 0 Å². The average Bonchev–Trinajstić information content (AvgIpc) is 2.71. The Hall–Kier alpha value is -0.940. The number of aromatic nitrogens is 1. The zero-order valence-corrected chi connectivity index (χ0v) is 13.1. The summed E-state index contributed by atoms with van der Waals surface area (Å²) < 4.78 is 0.903. The van der Waals surface area contributed by atoms with Crippen molar-refractivity contribution in [2.75, 3.05) is 5.32 Å². The van der Waals surface area contributed by atoms with Crippen LogP contribution >= 0.6 is 15.9 Å². The fourth-order valence-electron chi connectivity index (χ4n) is 2.79. The Morgan fingerprint density at radius 2 is 2.05 bits per heavy atom. The van der Waals surface area contributed by atoms with Crippen LogP contribution in [0.15, 0.2) is 22.8 Å².